The van der Waals surface area contributed by atoms with E-state index in [1.54, 1.807) is 12.1 Å². The Labute approximate surface area is 130 Å². The number of halogens is 1. The number of aromatic nitrogens is 1. The highest BCUT2D eigenvalue weighted by molar-refractivity contribution is 9.10. The van der Waals surface area contributed by atoms with Crippen molar-refractivity contribution in [3.8, 4) is 0 Å². The number of carbonyl (C=O) groups is 2. The lowest BCUT2D eigenvalue weighted by molar-refractivity contribution is 0.0594. The molecule has 0 bridgehead atoms. The first-order valence-corrected chi connectivity index (χ1v) is 6.97. The van der Waals surface area contributed by atoms with Gasteiger partial charge >= 0.3 is 5.97 Å². The summed E-state index contributed by atoms with van der Waals surface area (Å²) in [4.78, 5) is 27.4. The number of rotatable bonds is 4. The van der Waals surface area contributed by atoms with E-state index in [1.807, 2.05) is 24.3 Å². The van der Waals surface area contributed by atoms with Crippen molar-refractivity contribution in [2.24, 2.45) is 0 Å². The van der Waals surface area contributed by atoms with Crippen molar-refractivity contribution in [1.82, 2.24) is 10.3 Å². The third-order valence-corrected chi connectivity index (χ3v) is 3.27. The third-order valence-electron chi connectivity index (χ3n) is 2.74. The van der Waals surface area contributed by atoms with Crippen molar-refractivity contribution < 1.29 is 14.3 Å². The molecule has 2 aromatic rings. The molecule has 0 saturated carbocycles. The zero-order chi connectivity index (χ0) is 15.2. The van der Waals surface area contributed by atoms with Gasteiger partial charge < -0.3 is 10.1 Å². The fraction of sp³-hybridized carbons (Fsp3) is 0.133. The van der Waals surface area contributed by atoms with Gasteiger partial charge in [0.15, 0.2) is 0 Å². The van der Waals surface area contributed by atoms with E-state index in [0.29, 0.717) is 6.54 Å². The van der Waals surface area contributed by atoms with Crippen LogP contribution in [0.5, 0.6) is 0 Å². The number of esters is 1. The standard InChI is InChI=1S/C15H13BrN2O3/c1-21-15(20)13-4-2-3-12(18-13)14(19)17-9-10-5-7-11(16)8-6-10/h2-8H,9H2,1H3,(H,17,19). The second-order valence-corrected chi connectivity index (χ2v) is 5.12. The van der Waals surface area contributed by atoms with Crippen molar-refractivity contribution in [3.05, 3.63) is 63.9 Å². The Bertz CT molecular complexity index is 656. The Morgan fingerprint density at radius 1 is 1.14 bits per heavy atom. The maximum Gasteiger partial charge on any atom is 0.356 e. The molecule has 0 unspecified atom stereocenters. The first kappa shape index (κ1) is 15.2. The topological polar surface area (TPSA) is 68.3 Å². The third kappa shape index (κ3) is 4.13. The molecule has 0 aliphatic heterocycles. The molecule has 0 atom stereocenters. The lowest BCUT2D eigenvalue weighted by Gasteiger charge is -2.06. The molecule has 1 heterocycles. The zero-order valence-electron chi connectivity index (χ0n) is 11.3. The smallest absolute Gasteiger partial charge is 0.356 e. The van der Waals surface area contributed by atoms with Crippen LogP contribution in [0.15, 0.2) is 46.9 Å². The summed E-state index contributed by atoms with van der Waals surface area (Å²) in [5.41, 5.74) is 1.25. The zero-order valence-corrected chi connectivity index (χ0v) is 12.9. The number of amides is 1. The number of pyridine rings is 1. The number of benzene rings is 1. The molecule has 0 saturated heterocycles. The number of ether oxygens (including phenoxy) is 1. The molecule has 0 aliphatic carbocycles. The van der Waals surface area contributed by atoms with Gasteiger partial charge in [0, 0.05) is 11.0 Å². The van der Waals surface area contributed by atoms with Gasteiger partial charge in [-0.05, 0) is 29.8 Å². The monoisotopic (exact) mass is 348 g/mol. The predicted octanol–water partition coefficient (Wildman–Crippen LogP) is 2.56. The summed E-state index contributed by atoms with van der Waals surface area (Å²) in [5, 5.41) is 2.75. The first-order valence-electron chi connectivity index (χ1n) is 6.18. The van der Waals surface area contributed by atoms with Crippen LogP contribution < -0.4 is 5.32 Å². The van der Waals surface area contributed by atoms with Crippen molar-refractivity contribution in [3.63, 3.8) is 0 Å². The van der Waals surface area contributed by atoms with Crippen LogP contribution in [-0.2, 0) is 11.3 Å². The molecule has 1 aromatic carbocycles. The van der Waals surface area contributed by atoms with Gasteiger partial charge in [-0.25, -0.2) is 9.78 Å². The number of methoxy groups -OCH3 is 1. The summed E-state index contributed by atoms with van der Waals surface area (Å²) < 4.78 is 5.55. The maximum absolute atomic E-state index is 12.0. The van der Waals surface area contributed by atoms with Crippen LogP contribution in [0.2, 0.25) is 0 Å². The van der Waals surface area contributed by atoms with Crippen LogP contribution in [0.1, 0.15) is 26.5 Å². The Morgan fingerprint density at radius 2 is 1.81 bits per heavy atom. The quantitative estimate of drug-likeness (QED) is 0.862. The Morgan fingerprint density at radius 3 is 2.48 bits per heavy atom. The summed E-state index contributed by atoms with van der Waals surface area (Å²) in [7, 11) is 1.27. The van der Waals surface area contributed by atoms with E-state index >= 15 is 0 Å². The van der Waals surface area contributed by atoms with Crippen LogP contribution in [0.25, 0.3) is 0 Å². The Hall–Kier alpha value is -2.21. The summed E-state index contributed by atoms with van der Waals surface area (Å²) in [6, 6.07) is 12.2. The molecule has 1 N–H and O–H groups in total. The molecule has 1 amide bonds. The van der Waals surface area contributed by atoms with Crippen molar-refractivity contribution >= 4 is 27.8 Å². The summed E-state index contributed by atoms with van der Waals surface area (Å²) >= 11 is 3.35. The number of hydrogen-bond acceptors (Lipinski definition) is 4. The first-order chi connectivity index (χ1) is 10.1. The minimum absolute atomic E-state index is 0.105. The van der Waals surface area contributed by atoms with E-state index in [0.717, 1.165) is 10.0 Å². The minimum atomic E-state index is -0.572. The fourth-order valence-electron chi connectivity index (χ4n) is 1.65. The lowest BCUT2D eigenvalue weighted by atomic mass is 10.2. The highest BCUT2D eigenvalue weighted by atomic mass is 79.9. The molecule has 1 aromatic heterocycles. The molecule has 108 valence electrons. The summed E-state index contributed by atoms with van der Waals surface area (Å²) in [6.07, 6.45) is 0. The molecule has 2 rings (SSSR count). The average molecular weight is 349 g/mol. The van der Waals surface area contributed by atoms with Gasteiger partial charge in [0.25, 0.3) is 5.91 Å². The number of carbonyl (C=O) groups excluding carboxylic acids is 2. The van der Waals surface area contributed by atoms with Gasteiger partial charge in [0.05, 0.1) is 7.11 Å². The molecule has 0 aliphatic rings. The van der Waals surface area contributed by atoms with Crippen molar-refractivity contribution in [2.45, 2.75) is 6.54 Å². The second-order valence-electron chi connectivity index (χ2n) is 4.21. The van der Waals surface area contributed by atoms with E-state index in [-0.39, 0.29) is 17.3 Å². The summed E-state index contributed by atoms with van der Waals surface area (Å²) in [5.74, 6) is -0.916. The van der Waals surface area contributed by atoms with Gasteiger partial charge in [-0.3, -0.25) is 4.79 Å². The highest BCUT2D eigenvalue weighted by Gasteiger charge is 2.12. The molecule has 6 heteroatoms. The molecular formula is C15H13BrN2O3. The fourth-order valence-corrected chi connectivity index (χ4v) is 1.92. The van der Waals surface area contributed by atoms with Gasteiger partial charge in [-0.15, -0.1) is 0 Å². The number of nitrogens with one attached hydrogen (secondary N) is 1. The van der Waals surface area contributed by atoms with Crippen LogP contribution in [-0.4, -0.2) is 24.0 Å². The molecule has 21 heavy (non-hydrogen) atoms. The average Bonchev–Trinajstić information content (AvgIpc) is 2.53. The van der Waals surface area contributed by atoms with Crippen LogP contribution >= 0.6 is 15.9 Å². The summed E-state index contributed by atoms with van der Waals surface area (Å²) in [6.45, 7) is 0.385. The largest absolute Gasteiger partial charge is 0.464 e. The lowest BCUT2D eigenvalue weighted by Crippen LogP contribution is -2.24. The molecule has 0 spiro atoms. The maximum atomic E-state index is 12.0. The highest BCUT2D eigenvalue weighted by Crippen LogP contribution is 2.10. The van der Waals surface area contributed by atoms with Gasteiger partial charge in [0.2, 0.25) is 0 Å². The van der Waals surface area contributed by atoms with Gasteiger partial charge in [0.1, 0.15) is 11.4 Å². The van der Waals surface area contributed by atoms with E-state index < -0.39 is 5.97 Å². The predicted molar refractivity (Wildman–Crippen MR) is 80.9 cm³/mol. The van der Waals surface area contributed by atoms with Crippen molar-refractivity contribution in [2.75, 3.05) is 7.11 Å². The number of nitrogens with zero attached hydrogens (tertiary/aromatic N) is 1. The van der Waals surface area contributed by atoms with Gasteiger partial charge in [-0.2, -0.15) is 0 Å². The van der Waals surface area contributed by atoms with E-state index in [2.05, 4.69) is 31.0 Å². The van der Waals surface area contributed by atoms with E-state index in [9.17, 15) is 9.59 Å². The second kappa shape index (κ2) is 6.99. The van der Waals surface area contributed by atoms with Gasteiger partial charge in [-0.1, -0.05) is 34.1 Å². The molecule has 5 nitrogen and oxygen atoms in total. The molecule has 0 fully saturated rings. The van der Waals surface area contributed by atoms with E-state index in [4.69, 9.17) is 0 Å². The van der Waals surface area contributed by atoms with Crippen molar-refractivity contribution in [1.29, 1.82) is 0 Å². The SMILES string of the molecule is COC(=O)c1cccc(C(=O)NCc2ccc(Br)cc2)n1. The Kier molecular flexibility index (Phi) is 5.05. The molecular weight excluding hydrogens is 336 g/mol. The minimum Gasteiger partial charge on any atom is -0.464 e. The Balaban J connectivity index is 2.03. The normalized spacial score (nSPS) is 10.0. The van der Waals surface area contributed by atoms with Crippen LogP contribution in [0, 0.1) is 0 Å². The van der Waals surface area contributed by atoms with E-state index in [1.165, 1.54) is 13.2 Å². The van der Waals surface area contributed by atoms with Crippen LogP contribution in [0.3, 0.4) is 0 Å². The van der Waals surface area contributed by atoms with Crippen LogP contribution in [0.4, 0.5) is 0 Å². The number of hydrogen-bond donors (Lipinski definition) is 1. The molecule has 0 radical (unpaired) electrons.